The Morgan fingerprint density at radius 1 is 0.864 bits per heavy atom. The van der Waals surface area contributed by atoms with Gasteiger partial charge in [-0.1, -0.05) is 6.07 Å². The molecule has 0 unspecified atom stereocenters. The van der Waals surface area contributed by atoms with Gasteiger partial charge in [-0.15, -0.1) is 0 Å². The summed E-state index contributed by atoms with van der Waals surface area (Å²) < 4.78 is 11.7. The summed E-state index contributed by atoms with van der Waals surface area (Å²) in [6.07, 6.45) is 3.42. The van der Waals surface area contributed by atoms with Gasteiger partial charge in [0.1, 0.15) is 11.2 Å². The zero-order valence-electron chi connectivity index (χ0n) is 14.0. The van der Waals surface area contributed by atoms with E-state index in [9.17, 15) is 0 Å². The highest BCUT2D eigenvalue weighted by Gasteiger charge is 2.21. The van der Waals surface area contributed by atoms with Crippen molar-refractivity contribution in [1.82, 2.24) is 15.0 Å². The van der Waals surface area contributed by atoms with E-state index in [0.29, 0.717) is 11.9 Å². The molecule has 0 atom stereocenters. The van der Waals surface area contributed by atoms with E-state index in [1.807, 2.05) is 59.7 Å². The van der Waals surface area contributed by atoms with Crippen molar-refractivity contribution in [2.24, 2.45) is 0 Å². The average molecular weight is 301 g/mol. The molecular weight excluding hydrogens is 278 g/mol. The van der Waals surface area contributed by atoms with E-state index in [1.54, 1.807) is 12.4 Å². The van der Waals surface area contributed by atoms with Crippen LogP contribution < -0.4 is 9.47 Å². The van der Waals surface area contributed by atoms with Gasteiger partial charge in [-0.05, 0) is 53.7 Å². The predicted octanol–water partition coefficient (Wildman–Crippen LogP) is 3.89. The van der Waals surface area contributed by atoms with Gasteiger partial charge in [0.15, 0.2) is 0 Å². The van der Waals surface area contributed by atoms with Gasteiger partial charge in [0.05, 0.1) is 11.3 Å². The first-order valence-corrected chi connectivity index (χ1v) is 7.30. The van der Waals surface area contributed by atoms with Gasteiger partial charge < -0.3 is 9.47 Å². The Morgan fingerprint density at radius 2 is 1.55 bits per heavy atom. The summed E-state index contributed by atoms with van der Waals surface area (Å²) in [5, 5.41) is 0. The standard InChI is InChI=1S/C17H23N3O2/c1-16(2,3)21-14-12(13-9-7-8-10-18-13)11-19-15(20-14)22-17(4,5)6/h7-11H,1-6H3. The van der Waals surface area contributed by atoms with Crippen LogP contribution in [0.2, 0.25) is 0 Å². The minimum Gasteiger partial charge on any atom is -0.471 e. The van der Waals surface area contributed by atoms with Crippen molar-refractivity contribution >= 4 is 0 Å². The molecular formula is C17H23N3O2. The molecule has 118 valence electrons. The van der Waals surface area contributed by atoms with Crippen molar-refractivity contribution < 1.29 is 9.47 Å². The van der Waals surface area contributed by atoms with E-state index in [1.165, 1.54) is 0 Å². The second kappa shape index (κ2) is 5.91. The van der Waals surface area contributed by atoms with E-state index >= 15 is 0 Å². The molecule has 5 heteroatoms. The third-order valence-corrected chi connectivity index (χ3v) is 2.47. The molecule has 2 aromatic rings. The third kappa shape index (κ3) is 4.69. The summed E-state index contributed by atoms with van der Waals surface area (Å²) in [6.45, 7) is 11.8. The Balaban J connectivity index is 2.45. The lowest BCUT2D eigenvalue weighted by Crippen LogP contribution is -2.26. The summed E-state index contributed by atoms with van der Waals surface area (Å²) in [7, 11) is 0. The third-order valence-electron chi connectivity index (χ3n) is 2.47. The van der Waals surface area contributed by atoms with Crippen LogP contribution in [0.4, 0.5) is 0 Å². The number of hydrogen-bond acceptors (Lipinski definition) is 5. The van der Waals surface area contributed by atoms with Crippen LogP contribution in [0.5, 0.6) is 11.9 Å². The van der Waals surface area contributed by atoms with Crippen LogP contribution in [-0.2, 0) is 0 Å². The molecule has 0 radical (unpaired) electrons. The van der Waals surface area contributed by atoms with Crippen LogP contribution in [0, 0.1) is 0 Å². The normalized spacial score (nSPS) is 12.1. The van der Waals surface area contributed by atoms with Gasteiger partial charge in [0, 0.05) is 12.4 Å². The largest absolute Gasteiger partial charge is 0.471 e. The van der Waals surface area contributed by atoms with Crippen molar-refractivity contribution in [3.63, 3.8) is 0 Å². The molecule has 2 heterocycles. The fraction of sp³-hybridized carbons (Fsp3) is 0.471. The molecule has 0 saturated heterocycles. The molecule has 0 spiro atoms. The molecule has 0 aromatic carbocycles. The Labute approximate surface area is 131 Å². The SMILES string of the molecule is CC(C)(C)Oc1ncc(-c2ccccn2)c(OC(C)(C)C)n1. The molecule has 0 bridgehead atoms. The minimum atomic E-state index is -0.378. The summed E-state index contributed by atoms with van der Waals surface area (Å²) in [6, 6.07) is 5.99. The molecule has 22 heavy (non-hydrogen) atoms. The summed E-state index contributed by atoms with van der Waals surface area (Å²) in [5.41, 5.74) is 0.767. The monoisotopic (exact) mass is 301 g/mol. The quantitative estimate of drug-likeness (QED) is 0.860. The van der Waals surface area contributed by atoms with Crippen LogP contribution in [0.15, 0.2) is 30.6 Å². The molecule has 2 aromatic heterocycles. The average Bonchev–Trinajstić information content (AvgIpc) is 2.36. The van der Waals surface area contributed by atoms with Gasteiger partial charge in [-0.25, -0.2) is 4.98 Å². The van der Waals surface area contributed by atoms with Gasteiger partial charge in [0.25, 0.3) is 0 Å². The Hall–Kier alpha value is -2.17. The molecule has 0 amide bonds. The van der Waals surface area contributed by atoms with E-state index in [4.69, 9.17) is 9.47 Å². The maximum Gasteiger partial charge on any atom is 0.320 e. The van der Waals surface area contributed by atoms with Crippen LogP contribution in [0.25, 0.3) is 11.3 Å². The van der Waals surface area contributed by atoms with E-state index in [-0.39, 0.29) is 11.2 Å². The Kier molecular flexibility index (Phi) is 4.35. The van der Waals surface area contributed by atoms with E-state index in [2.05, 4.69) is 15.0 Å². The number of nitrogens with zero attached hydrogens (tertiary/aromatic N) is 3. The predicted molar refractivity (Wildman–Crippen MR) is 86.0 cm³/mol. The first-order valence-electron chi connectivity index (χ1n) is 7.30. The van der Waals surface area contributed by atoms with Crippen molar-refractivity contribution in [3.8, 4) is 23.1 Å². The molecule has 2 rings (SSSR count). The van der Waals surface area contributed by atoms with Crippen LogP contribution >= 0.6 is 0 Å². The fourth-order valence-electron chi connectivity index (χ4n) is 1.74. The number of ether oxygens (including phenoxy) is 2. The zero-order chi connectivity index (χ0) is 16.4. The molecule has 0 saturated carbocycles. The van der Waals surface area contributed by atoms with Crippen LogP contribution in [0.1, 0.15) is 41.5 Å². The lowest BCUT2D eigenvalue weighted by atomic mass is 10.1. The lowest BCUT2D eigenvalue weighted by Gasteiger charge is -2.24. The Morgan fingerprint density at radius 3 is 2.09 bits per heavy atom. The summed E-state index contributed by atoms with van der Waals surface area (Å²) in [4.78, 5) is 13.0. The van der Waals surface area contributed by atoms with Crippen molar-refractivity contribution in [2.75, 3.05) is 0 Å². The zero-order valence-corrected chi connectivity index (χ0v) is 14.0. The molecule has 0 N–H and O–H groups in total. The van der Waals surface area contributed by atoms with Crippen LogP contribution in [-0.4, -0.2) is 26.2 Å². The Bertz CT molecular complexity index is 629. The minimum absolute atomic E-state index is 0.298. The first kappa shape index (κ1) is 16.2. The van der Waals surface area contributed by atoms with Crippen molar-refractivity contribution in [3.05, 3.63) is 30.6 Å². The summed E-state index contributed by atoms with van der Waals surface area (Å²) >= 11 is 0. The molecule has 5 nitrogen and oxygen atoms in total. The second-order valence-corrected chi connectivity index (χ2v) is 7.02. The van der Waals surface area contributed by atoms with Gasteiger partial charge in [-0.2, -0.15) is 4.98 Å². The number of aromatic nitrogens is 3. The molecule has 0 aliphatic rings. The number of hydrogen-bond donors (Lipinski definition) is 0. The number of rotatable bonds is 3. The van der Waals surface area contributed by atoms with Gasteiger partial charge >= 0.3 is 6.01 Å². The summed E-state index contributed by atoms with van der Waals surface area (Å²) in [5.74, 6) is 0.473. The maximum absolute atomic E-state index is 5.97. The van der Waals surface area contributed by atoms with E-state index < -0.39 is 0 Å². The molecule has 0 fully saturated rings. The van der Waals surface area contributed by atoms with Crippen LogP contribution in [0.3, 0.4) is 0 Å². The smallest absolute Gasteiger partial charge is 0.320 e. The van der Waals surface area contributed by atoms with Crippen molar-refractivity contribution in [2.45, 2.75) is 52.7 Å². The first-order chi connectivity index (χ1) is 10.1. The lowest BCUT2D eigenvalue weighted by molar-refractivity contribution is 0.103. The highest BCUT2D eigenvalue weighted by molar-refractivity contribution is 5.63. The van der Waals surface area contributed by atoms with E-state index in [0.717, 1.165) is 11.3 Å². The van der Waals surface area contributed by atoms with Gasteiger partial charge in [0.2, 0.25) is 5.88 Å². The second-order valence-electron chi connectivity index (χ2n) is 7.02. The molecule has 0 aliphatic heterocycles. The molecule has 0 aliphatic carbocycles. The van der Waals surface area contributed by atoms with Crippen molar-refractivity contribution in [1.29, 1.82) is 0 Å². The number of pyridine rings is 1. The fourth-order valence-corrected chi connectivity index (χ4v) is 1.74. The topological polar surface area (TPSA) is 57.1 Å². The highest BCUT2D eigenvalue weighted by atomic mass is 16.5. The highest BCUT2D eigenvalue weighted by Crippen LogP contribution is 2.30. The maximum atomic E-state index is 5.97. The van der Waals surface area contributed by atoms with Gasteiger partial charge in [-0.3, -0.25) is 4.98 Å².